The van der Waals surface area contributed by atoms with Crippen molar-refractivity contribution in [2.75, 3.05) is 5.32 Å². The van der Waals surface area contributed by atoms with E-state index >= 15 is 0 Å². The summed E-state index contributed by atoms with van der Waals surface area (Å²) < 4.78 is 7.68. The average Bonchev–Trinajstić information content (AvgIpc) is 3.30. The van der Waals surface area contributed by atoms with Crippen LogP contribution in [0, 0.1) is 0 Å². The molecule has 0 aliphatic rings. The molecule has 0 saturated carbocycles. The van der Waals surface area contributed by atoms with Crippen LogP contribution in [0.5, 0.6) is 5.75 Å². The molecule has 0 saturated heterocycles. The Morgan fingerprint density at radius 3 is 2.84 bits per heavy atom. The number of hydrogen-bond donors (Lipinski definition) is 2. The Morgan fingerprint density at radius 1 is 1.20 bits per heavy atom. The van der Waals surface area contributed by atoms with Gasteiger partial charge in [0.15, 0.2) is 5.69 Å². The number of aromatic nitrogens is 5. The molecular formula is C17H14N6O2. The van der Waals surface area contributed by atoms with Crippen LogP contribution >= 0.6 is 0 Å². The first-order chi connectivity index (χ1) is 12.3. The molecule has 0 unspecified atom stereocenters. The number of H-pyrrole nitrogens is 1. The van der Waals surface area contributed by atoms with E-state index in [2.05, 4.69) is 25.7 Å². The largest absolute Gasteiger partial charge is 0.487 e. The van der Waals surface area contributed by atoms with Crippen LogP contribution in [-0.4, -0.2) is 30.7 Å². The Balaban J connectivity index is 1.37. The standard InChI is InChI=1S/C17H14N6O2/c24-17(15-9-18-22-21-15)20-12-4-6-14(7-5-12)25-11-13-10-23-8-2-1-3-16(23)19-13/h1-10H,11H2,(H,20,24)(H,18,21,22). The highest BCUT2D eigenvalue weighted by Crippen LogP contribution is 2.17. The summed E-state index contributed by atoms with van der Waals surface area (Å²) in [6, 6.07) is 12.9. The summed E-state index contributed by atoms with van der Waals surface area (Å²) in [5.41, 5.74) is 2.60. The first-order valence-electron chi connectivity index (χ1n) is 7.60. The van der Waals surface area contributed by atoms with Gasteiger partial charge in [-0.1, -0.05) is 6.07 Å². The maximum Gasteiger partial charge on any atom is 0.277 e. The molecule has 25 heavy (non-hydrogen) atoms. The van der Waals surface area contributed by atoms with Gasteiger partial charge in [-0.05, 0) is 36.4 Å². The van der Waals surface area contributed by atoms with Crippen molar-refractivity contribution in [2.24, 2.45) is 0 Å². The molecule has 8 nitrogen and oxygen atoms in total. The van der Waals surface area contributed by atoms with E-state index < -0.39 is 0 Å². The van der Waals surface area contributed by atoms with Crippen molar-refractivity contribution in [3.63, 3.8) is 0 Å². The van der Waals surface area contributed by atoms with Crippen molar-refractivity contribution in [1.29, 1.82) is 0 Å². The molecule has 0 spiro atoms. The third kappa shape index (κ3) is 3.32. The van der Waals surface area contributed by atoms with Crippen molar-refractivity contribution in [3.8, 4) is 5.75 Å². The number of carbonyl (C=O) groups is 1. The summed E-state index contributed by atoms with van der Waals surface area (Å²) >= 11 is 0. The summed E-state index contributed by atoms with van der Waals surface area (Å²) in [5.74, 6) is 0.364. The summed E-state index contributed by atoms with van der Waals surface area (Å²) in [7, 11) is 0. The SMILES string of the molecule is O=C(Nc1ccc(OCc2cn3ccccc3n2)cc1)c1cn[nH]n1. The molecule has 3 aromatic heterocycles. The van der Waals surface area contributed by atoms with E-state index in [1.807, 2.05) is 35.0 Å². The molecule has 4 aromatic rings. The Morgan fingerprint density at radius 2 is 2.08 bits per heavy atom. The fourth-order valence-corrected chi connectivity index (χ4v) is 2.35. The number of benzene rings is 1. The van der Waals surface area contributed by atoms with Crippen molar-refractivity contribution in [3.05, 3.63) is 72.4 Å². The van der Waals surface area contributed by atoms with Crippen LogP contribution in [-0.2, 0) is 6.61 Å². The number of pyridine rings is 1. The molecule has 8 heteroatoms. The molecule has 2 N–H and O–H groups in total. The van der Waals surface area contributed by atoms with E-state index in [1.165, 1.54) is 6.20 Å². The van der Waals surface area contributed by atoms with Gasteiger partial charge in [0.2, 0.25) is 0 Å². The summed E-state index contributed by atoms with van der Waals surface area (Å²) in [5, 5.41) is 12.5. The van der Waals surface area contributed by atoms with Crippen LogP contribution in [0.4, 0.5) is 5.69 Å². The third-order valence-corrected chi connectivity index (χ3v) is 3.56. The Bertz CT molecular complexity index is 959. The minimum atomic E-state index is -0.327. The molecule has 4 rings (SSSR count). The molecular weight excluding hydrogens is 320 g/mol. The first kappa shape index (κ1) is 14.9. The van der Waals surface area contributed by atoms with E-state index in [-0.39, 0.29) is 11.6 Å². The second-order valence-corrected chi connectivity index (χ2v) is 5.32. The number of anilines is 1. The number of nitrogens with one attached hydrogen (secondary N) is 2. The van der Waals surface area contributed by atoms with Crippen molar-refractivity contribution < 1.29 is 9.53 Å². The number of carbonyl (C=O) groups excluding carboxylic acids is 1. The number of aromatic amines is 1. The van der Waals surface area contributed by atoms with E-state index in [0.717, 1.165) is 11.3 Å². The maximum atomic E-state index is 11.9. The molecule has 0 aliphatic heterocycles. The van der Waals surface area contributed by atoms with Gasteiger partial charge in [-0.25, -0.2) is 4.98 Å². The second kappa shape index (κ2) is 6.44. The minimum Gasteiger partial charge on any atom is -0.487 e. The number of ether oxygens (including phenoxy) is 1. The van der Waals surface area contributed by atoms with E-state index in [1.54, 1.807) is 24.3 Å². The smallest absolute Gasteiger partial charge is 0.277 e. The van der Waals surface area contributed by atoms with Crippen molar-refractivity contribution in [2.45, 2.75) is 6.61 Å². The quantitative estimate of drug-likeness (QED) is 0.583. The molecule has 3 heterocycles. The summed E-state index contributed by atoms with van der Waals surface area (Å²) in [6.45, 7) is 0.367. The van der Waals surface area contributed by atoms with Gasteiger partial charge in [0.25, 0.3) is 5.91 Å². The lowest BCUT2D eigenvalue weighted by atomic mass is 10.3. The van der Waals surface area contributed by atoms with Gasteiger partial charge >= 0.3 is 0 Å². The zero-order valence-corrected chi connectivity index (χ0v) is 13.1. The van der Waals surface area contributed by atoms with Gasteiger partial charge in [-0.2, -0.15) is 15.4 Å². The zero-order valence-electron chi connectivity index (χ0n) is 13.1. The molecule has 0 aliphatic carbocycles. The molecule has 0 bridgehead atoms. The van der Waals surface area contributed by atoms with Gasteiger partial charge in [-0.15, -0.1) is 0 Å². The fraction of sp³-hybridized carbons (Fsp3) is 0.0588. The van der Waals surface area contributed by atoms with Crippen molar-refractivity contribution in [1.82, 2.24) is 24.8 Å². The Hall–Kier alpha value is -3.68. The second-order valence-electron chi connectivity index (χ2n) is 5.32. The van der Waals surface area contributed by atoms with Crippen LogP contribution in [0.3, 0.4) is 0 Å². The summed E-state index contributed by atoms with van der Waals surface area (Å²) in [4.78, 5) is 16.4. The van der Waals surface area contributed by atoms with Gasteiger partial charge < -0.3 is 14.5 Å². The number of amides is 1. The lowest BCUT2D eigenvalue weighted by Gasteiger charge is -2.06. The lowest BCUT2D eigenvalue weighted by Crippen LogP contribution is -2.12. The molecule has 1 amide bonds. The first-order valence-corrected chi connectivity index (χ1v) is 7.60. The summed E-state index contributed by atoms with van der Waals surface area (Å²) in [6.07, 6.45) is 5.24. The molecule has 1 aromatic carbocycles. The minimum absolute atomic E-state index is 0.229. The highest BCUT2D eigenvalue weighted by atomic mass is 16.5. The van der Waals surface area contributed by atoms with Gasteiger partial charge in [0, 0.05) is 18.1 Å². The topological polar surface area (TPSA) is 97.2 Å². The average molecular weight is 334 g/mol. The maximum absolute atomic E-state index is 11.9. The predicted molar refractivity (Wildman–Crippen MR) is 90.3 cm³/mol. The highest BCUT2D eigenvalue weighted by Gasteiger charge is 2.09. The fourth-order valence-electron chi connectivity index (χ4n) is 2.35. The van der Waals surface area contributed by atoms with Crippen LogP contribution in [0.2, 0.25) is 0 Å². The monoisotopic (exact) mass is 334 g/mol. The van der Waals surface area contributed by atoms with E-state index in [0.29, 0.717) is 18.0 Å². The van der Waals surface area contributed by atoms with Gasteiger partial charge in [0.1, 0.15) is 18.0 Å². The molecule has 0 atom stereocenters. The lowest BCUT2D eigenvalue weighted by molar-refractivity contribution is 0.102. The number of rotatable bonds is 5. The van der Waals surface area contributed by atoms with Crippen LogP contribution in [0.1, 0.15) is 16.2 Å². The predicted octanol–water partition coefficient (Wildman–Crippen LogP) is 2.28. The number of hydrogen-bond acceptors (Lipinski definition) is 5. The Labute approximate surface area is 142 Å². The number of nitrogens with zero attached hydrogens (tertiary/aromatic N) is 4. The van der Waals surface area contributed by atoms with Crippen LogP contribution in [0.25, 0.3) is 5.65 Å². The number of fused-ring (bicyclic) bond motifs is 1. The zero-order chi connectivity index (χ0) is 17.1. The number of imidazole rings is 1. The third-order valence-electron chi connectivity index (χ3n) is 3.56. The van der Waals surface area contributed by atoms with Crippen molar-refractivity contribution >= 4 is 17.2 Å². The van der Waals surface area contributed by atoms with Gasteiger partial charge in [-0.3, -0.25) is 4.79 Å². The van der Waals surface area contributed by atoms with Crippen LogP contribution < -0.4 is 10.1 Å². The molecule has 0 radical (unpaired) electrons. The Kier molecular flexibility index (Phi) is 3.83. The van der Waals surface area contributed by atoms with Crippen LogP contribution in [0.15, 0.2) is 61.1 Å². The highest BCUT2D eigenvalue weighted by molar-refractivity contribution is 6.02. The molecule has 124 valence electrons. The van der Waals surface area contributed by atoms with E-state index in [4.69, 9.17) is 4.74 Å². The van der Waals surface area contributed by atoms with Gasteiger partial charge in [0.05, 0.1) is 11.9 Å². The molecule has 0 fully saturated rings. The van der Waals surface area contributed by atoms with E-state index in [9.17, 15) is 4.79 Å². The normalized spacial score (nSPS) is 10.7.